The topological polar surface area (TPSA) is 78.9 Å². The van der Waals surface area contributed by atoms with Crippen molar-refractivity contribution in [2.45, 2.75) is 444 Å². The summed E-state index contributed by atoms with van der Waals surface area (Å²) < 4.78 is 17.0. The average Bonchev–Trinajstić information content (AvgIpc) is 3.46. The number of rotatable bonds is 70. The van der Waals surface area contributed by atoms with E-state index in [9.17, 15) is 14.4 Å². The number of unbranched alkanes of at least 4 members (excludes halogenated alkanes) is 59. The molecule has 0 rings (SSSR count). The normalized spacial score (nSPS) is 11.9. The molecule has 0 amide bonds. The molecule has 0 heterocycles. The van der Waals surface area contributed by atoms with E-state index in [-0.39, 0.29) is 31.1 Å². The second-order valence-electron chi connectivity index (χ2n) is 25.6. The highest BCUT2D eigenvalue weighted by atomic mass is 16.6. The molecule has 0 aliphatic heterocycles. The molecule has 0 spiro atoms. The van der Waals surface area contributed by atoms with Crippen molar-refractivity contribution in [2.75, 3.05) is 13.2 Å². The number of carbonyl (C=O) groups excluding carboxylic acids is 3. The van der Waals surface area contributed by atoms with Crippen LogP contribution in [0.2, 0.25) is 0 Å². The monoisotopic (exact) mass is 1130 g/mol. The van der Waals surface area contributed by atoms with Crippen molar-refractivity contribution in [3.63, 3.8) is 0 Å². The molecular formula is C74H144O6. The Morgan fingerprint density at radius 2 is 0.338 bits per heavy atom. The van der Waals surface area contributed by atoms with Crippen molar-refractivity contribution in [1.29, 1.82) is 0 Å². The van der Waals surface area contributed by atoms with Gasteiger partial charge in [0.2, 0.25) is 0 Å². The van der Waals surface area contributed by atoms with E-state index in [2.05, 4.69) is 20.8 Å². The second-order valence-corrected chi connectivity index (χ2v) is 25.6. The van der Waals surface area contributed by atoms with Gasteiger partial charge in [-0.15, -0.1) is 0 Å². The molecule has 0 bridgehead atoms. The van der Waals surface area contributed by atoms with Crippen LogP contribution in [-0.4, -0.2) is 37.2 Å². The molecule has 476 valence electrons. The minimum Gasteiger partial charge on any atom is -0.462 e. The van der Waals surface area contributed by atoms with Crippen LogP contribution in [0.4, 0.5) is 0 Å². The van der Waals surface area contributed by atoms with E-state index in [0.29, 0.717) is 19.3 Å². The van der Waals surface area contributed by atoms with Crippen molar-refractivity contribution < 1.29 is 28.6 Å². The Morgan fingerprint density at radius 1 is 0.200 bits per heavy atom. The van der Waals surface area contributed by atoms with E-state index in [1.807, 2.05) is 0 Å². The Balaban J connectivity index is 3.98. The molecule has 1 atom stereocenters. The maximum Gasteiger partial charge on any atom is 0.306 e. The van der Waals surface area contributed by atoms with E-state index in [4.69, 9.17) is 14.2 Å². The van der Waals surface area contributed by atoms with Gasteiger partial charge >= 0.3 is 17.9 Å². The second kappa shape index (κ2) is 69.9. The summed E-state index contributed by atoms with van der Waals surface area (Å²) in [6.07, 6.45) is 83.1. The van der Waals surface area contributed by atoms with E-state index in [1.165, 1.54) is 340 Å². The number of carbonyl (C=O) groups is 3. The third-order valence-corrected chi connectivity index (χ3v) is 17.4. The summed E-state index contributed by atoms with van der Waals surface area (Å²) in [7, 11) is 0. The predicted octanol–water partition coefficient (Wildman–Crippen LogP) is 25.4. The van der Waals surface area contributed by atoms with Crippen LogP contribution < -0.4 is 0 Å². The Kier molecular flexibility index (Phi) is 68.5. The highest BCUT2D eigenvalue weighted by molar-refractivity contribution is 5.71. The first-order chi connectivity index (χ1) is 39.5. The molecule has 0 aromatic rings. The largest absolute Gasteiger partial charge is 0.462 e. The lowest BCUT2D eigenvalue weighted by Gasteiger charge is -2.18. The summed E-state index contributed by atoms with van der Waals surface area (Å²) in [5, 5.41) is 0. The first-order valence-corrected chi connectivity index (χ1v) is 37.0. The fourth-order valence-corrected chi connectivity index (χ4v) is 11.8. The molecular weight excluding hydrogens is 985 g/mol. The highest BCUT2D eigenvalue weighted by Crippen LogP contribution is 2.20. The smallest absolute Gasteiger partial charge is 0.306 e. The van der Waals surface area contributed by atoms with E-state index >= 15 is 0 Å². The molecule has 0 saturated carbocycles. The average molecular weight is 1130 g/mol. The molecule has 0 saturated heterocycles. The summed E-state index contributed by atoms with van der Waals surface area (Å²) in [6.45, 7) is 6.73. The maximum absolute atomic E-state index is 12.9. The van der Waals surface area contributed by atoms with Crippen LogP contribution >= 0.6 is 0 Å². The third-order valence-electron chi connectivity index (χ3n) is 17.4. The lowest BCUT2D eigenvalue weighted by molar-refractivity contribution is -0.167. The zero-order chi connectivity index (χ0) is 57.8. The summed E-state index contributed by atoms with van der Waals surface area (Å²) in [4.78, 5) is 38.3. The summed E-state index contributed by atoms with van der Waals surface area (Å²) in [5.41, 5.74) is 0. The van der Waals surface area contributed by atoms with Crippen LogP contribution in [0, 0.1) is 0 Å². The van der Waals surface area contributed by atoms with Gasteiger partial charge in [0.25, 0.3) is 0 Å². The minimum absolute atomic E-state index is 0.0605. The van der Waals surface area contributed by atoms with Crippen LogP contribution in [0.3, 0.4) is 0 Å². The molecule has 0 aliphatic carbocycles. The van der Waals surface area contributed by atoms with Crippen LogP contribution in [-0.2, 0) is 28.6 Å². The standard InChI is InChI=1S/C74H144O6/c1-4-7-10-13-16-19-22-25-27-28-29-30-31-32-33-34-35-36-37-38-39-40-41-42-43-44-45-46-47-50-52-55-58-61-64-67-73(76)79-70-71(69-78-72(75)66-63-60-57-54-51-48-24-21-18-15-12-9-6-3)80-74(77)68-65-62-59-56-53-49-26-23-20-17-14-11-8-5-2/h71H,4-70H2,1-3H3. The highest BCUT2D eigenvalue weighted by Gasteiger charge is 2.20. The Hall–Kier alpha value is -1.59. The molecule has 1 unspecified atom stereocenters. The van der Waals surface area contributed by atoms with Gasteiger partial charge in [0.05, 0.1) is 0 Å². The molecule has 0 N–H and O–H groups in total. The molecule has 6 nitrogen and oxygen atoms in total. The Bertz CT molecular complexity index is 1200. The summed E-state index contributed by atoms with van der Waals surface area (Å²) in [6, 6.07) is 0. The first kappa shape index (κ1) is 78.4. The van der Waals surface area contributed by atoms with Crippen molar-refractivity contribution in [1.82, 2.24) is 0 Å². The molecule has 0 aromatic carbocycles. The van der Waals surface area contributed by atoms with E-state index in [1.54, 1.807) is 0 Å². The molecule has 0 aromatic heterocycles. The number of esters is 3. The van der Waals surface area contributed by atoms with Crippen LogP contribution in [0.1, 0.15) is 438 Å². The lowest BCUT2D eigenvalue weighted by atomic mass is 10.0. The zero-order valence-electron chi connectivity index (χ0n) is 54.9. The molecule has 0 fully saturated rings. The fourth-order valence-electron chi connectivity index (χ4n) is 11.8. The van der Waals surface area contributed by atoms with Crippen molar-refractivity contribution in [2.24, 2.45) is 0 Å². The molecule has 80 heavy (non-hydrogen) atoms. The SMILES string of the molecule is CCCCCCCCCCCCCCCCCCCCCCCCCCCCCCCCCCCCCC(=O)OCC(COC(=O)CCCCCCCCCCCCCCC)OC(=O)CCCCCCCCCCCCCCCC. The van der Waals surface area contributed by atoms with Crippen molar-refractivity contribution in [3.8, 4) is 0 Å². The first-order valence-electron chi connectivity index (χ1n) is 37.0. The number of hydrogen-bond acceptors (Lipinski definition) is 6. The number of hydrogen-bond donors (Lipinski definition) is 0. The Labute approximate surface area is 501 Å². The van der Waals surface area contributed by atoms with Gasteiger partial charge in [-0.1, -0.05) is 400 Å². The van der Waals surface area contributed by atoms with Crippen LogP contribution in [0.25, 0.3) is 0 Å². The Morgan fingerprint density at radius 3 is 0.500 bits per heavy atom. The van der Waals surface area contributed by atoms with Crippen molar-refractivity contribution in [3.05, 3.63) is 0 Å². The van der Waals surface area contributed by atoms with Crippen molar-refractivity contribution >= 4 is 17.9 Å². The van der Waals surface area contributed by atoms with Crippen LogP contribution in [0.5, 0.6) is 0 Å². The number of ether oxygens (including phenoxy) is 3. The molecule has 6 heteroatoms. The van der Waals surface area contributed by atoms with Gasteiger partial charge in [0.15, 0.2) is 6.10 Å². The third kappa shape index (κ3) is 67.2. The zero-order valence-corrected chi connectivity index (χ0v) is 54.9. The van der Waals surface area contributed by atoms with Gasteiger partial charge in [0.1, 0.15) is 13.2 Å². The van der Waals surface area contributed by atoms with E-state index in [0.717, 1.165) is 57.8 Å². The minimum atomic E-state index is -0.762. The van der Waals surface area contributed by atoms with E-state index < -0.39 is 6.10 Å². The fraction of sp³-hybridized carbons (Fsp3) is 0.959. The quantitative estimate of drug-likeness (QED) is 0.0343. The summed E-state index contributed by atoms with van der Waals surface area (Å²) >= 11 is 0. The predicted molar refractivity (Wildman–Crippen MR) is 349 cm³/mol. The van der Waals surface area contributed by atoms with Gasteiger partial charge < -0.3 is 14.2 Å². The van der Waals surface area contributed by atoms with Gasteiger partial charge in [0, 0.05) is 19.3 Å². The maximum atomic E-state index is 12.9. The lowest BCUT2D eigenvalue weighted by Crippen LogP contribution is -2.30. The molecule has 0 radical (unpaired) electrons. The summed E-state index contributed by atoms with van der Waals surface area (Å²) in [5.74, 6) is -0.823. The van der Waals surface area contributed by atoms with Gasteiger partial charge in [-0.05, 0) is 19.3 Å². The van der Waals surface area contributed by atoms with Gasteiger partial charge in [-0.2, -0.15) is 0 Å². The van der Waals surface area contributed by atoms with Gasteiger partial charge in [-0.3, -0.25) is 14.4 Å². The van der Waals surface area contributed by atoms with Gasteiger partial charge in [-0.25, -0.2) is 0 Å². The molecule has 0 aliphatic rings. The van der Waals surface area contributed by atoms with Crippen LogP contribution in [0.15, 0.2) is 0 Å².